The van der Waals surface area contributed by atoms with Crippen molar-refractivity contribution in [3.05, 3.63) is 76.7 Å². The summed E-state index contributed by atoms with van der Waals surface area (Å²) in [6.45, 7) is 3.81. The van der Waals surface area contributed by atoms with Gasteiger partial charge in [-0.1, -0.05) is 36.4 Å². The largest absolute Gasteiger partial charge is 0.462 e. The second kappa shape index (κ2) is 8.55. The summed E-state index contributed by atoms with van der Waals surface area (Å²) in [6, 6.07) is 14.7. The number of ether oxygens (including phenoxy) is 1. The first-order valence-electron chi connectivity index (χ1n) is 9.98. The number of pyridine rings is 1. The SMILES string of the molecule is CCOC(=O)c1cc(-c2ccc3c(n2)CCN(Cc2ccccc2)C3)oc1C(F)(F)F. The third-order valence-corrected chi connectivity index (χ3v) is 5.11. The van der Waals surface area contributed by atoms with Crippen LogP contribution in [0.25, 0.3) is 11.5 Å². The Bertz CT molecular complexity index is 1080. The van der Waals surface area contributed by atoms with Crippen LogP contribution in [0.4, 0.5) is 13.2 Å². The molecule has 0 saturated heterocycles. The highest BCUT2D eigenvalue weighted by Crippen LogP contribution is 2.37. The summed E-state index contributed by atoms with van der Waals surface area (Å²) < 4.78 is 49.8. The molecular weight excluding hydrogens is 409 g/mol. The molecule has 0 spiro atoms. The number of hydrogen-bond donors (Lipinski definition) is 0. The number of carbonyl (C=O) groups excluding carboxylic acids is 1. The van der Waals surface area contributed by atoms with Gasteiger partial charge in [0.05, 0.1) is 6.61 Å². The molecule has 8 heteroatoms. The molecule has 5 nitrogen and oxygen atoms in total. The average molecular weight is 430 g/mol. The minimum absolute atomic E-state index is 0.0345. The molecule has 0 fully saturated rings. The predicted octanol–water partition coefficient (Wildman–Crippen LogP) is 5.10. The van der Waals surface area contributed by atoms with Gasteiger partial charge in [-0.25, -0.2) is 9.78 Å². The van der Waals surface area contributed by atoms with Gasteiger partial charge >= 0.3 is 12.1 Å². The first-order chi connectivity index (χ1) is 14.8. The highest BCUT2D eigenvalue weighted by molar-refractivity contribution is 5.92. The zero-order valence-electron chi connectivity index (χ0n) is 16.9. The van der Waals surface area contributed by atoms with Crippen molar-refractivity contribution >= 4 is 5.97 Å². The molecule has 0 unspecified atom stereocenters. The van der Waals surface area contributed by atoms with Crippen LogP contribution in [0.5, 0.6) is 0 Å². The van der Waals surface area contributed by atoms with E-state index in [0.717, 1.165) is 30.4 Å². The maximum absolute atomic E-state index is 13.3. The number of hydrogen-bond acceptors (Lipinski definition) is 5. The number of alkyl halides is 3. The zero-order valence-corrected chi connectivity index (χ0v) is 16.9. The van der Waals surface area contributed by atoms with Crippen LogP contribution in [-0.4, -0.2) is 29.0 Å². The molecule has 0 bridgehead atoms. The summed E-state index contributed by atoms with van der Waals surface area (Å²) >= 11 is 0. The van der Waals surface area contributed by atoms with Crippen molar-refractivity contribution in [3.8, 4) is 11.5 Å². The minimum Gasteiger partial charge on any atom is -0.462 e. The first-order valence-corrected chi connectivity index (χ1v) is 9.98. The van der Waals surface area contributed by atoms with E-state index in [1.807, 2.05) is 24.3 Å². The Labute approximate surface area is 177 Å². The van der Waals surface area contributed by atoms with Gasteiger partial charge in [0.25, 0.3) is 0 Å². The lowest BCUT2D eigenvalue weighted by Gasteiger charge is -2.28. The van der Waals surface area contributed by atoms with E-state index in [2.05, 4.69) is 22.0 Å². The lowest BCUT2D eigenvalue weighted by atomic mass is 10.0. The van der Waals surface area contributed by atoms with Gasteiger partial charge in [0, 0.05) is 37.8 Å². The normalized spacial score (nSPS) is 14.3. The molecule has 0 aliphatic carbocycles. The van der Waals surface area contributed by atoms with Gasteiger partial charge in [0.2, 0.25) is 5.76 Å². The Morgan fingerprint density at radius 3 is 2.68 bits per heavy atom. The molecule has 1 aliphatic rings. The predicted molar refractivity (Wildman–Crippen MR) is 107 cm³/mol. The fraction of sp³-hybridized carbons (Fsp3) is 0.304. The fourth-order valence-corrected chi connectivity index (χ4v) is 3.68. The zero-order chi connectivity index (χ0) is 22.0. The van der Waals surface area contributed by atoms with Crippen LogP contribution in [0.1, 0.15) is 39.9 Å². The van der Waals surface area contributed by atoms with Crippen molar-refractivity contribution < 1.29 is 27.1 Å². The standard InChI is InChI=1S/C23H21F3N2O3/c1-2-30-22(29)17-12-20(31-21(17)23(24,25)26)19-9-8-16-14-28(11-10-18(16)27-19)13-15-6-4-3-5-7-15/h3-9,12H,2,10-11,13-14H2,1H3. The van der Waals surface area contributed by atoms with E-state index in [1.54, 1.807) is 6.07 Å². The Morgan fingerprint density at radius 1 is 1.19 bits per heavy atom. The number of rotatable bonds is 5. The fourth-order valence-electron chi connectivity index (χ4n) is 3.68. The van der Waals surface area contributed by atoms with Gasteiger partial charge in [-0.05, 0) is 24.1 Å². The van der Waals surface area contributed by atoms with Gasteiger partial charge in [-0.15, -0.1) is 0 Å². The number of halogens is 3. The summed E-state index contributed by atoms with van der Waals surface area (Å²) in [5.74, 6) is -2.54. The maximum atomic E-state index is 13.3. The maximum Gasteiger partial charge on any atom is 0.450 e. The molecule has 31 heavy (non-hydrogen) atoms. The number of furan rings is 1. The van der Waals surface area contributed by atoms with Crippen molar-refractivity contribution in [1.82, 2.24) is 9.88 Å². The molecule has 162 valence electrons. The lowest BCUT2D eigenvalue weighted by molar-refractivity contribution is -0.153. The van der Waals surface area contributed by atoms with E-state index in [4.69, 9.17) is 9.15 Å². The van der Waals surface area contributed by atoms with E-state index in [0.29, 0.717) is 13.0 Å². The van der Waals surface area contributed by atoms with E-state index >= 15 is 0 Å². The third kappa shape index (κ3) is 4.64. The Balaban J connectivity index is 1.58. The molecule has 2 aromatic heterocycles. The van der Waals surface area contributed by atoms with E-state index in [9.17, 15) is 18.0 Å². The molecule has 0 atom stereocenters. The number of esters is 1. The van der Waals surface area contributed by atoms with Crippen LogP contribution in [0, 0.1) is 0 Å². The van der Waals surface area contributed by atoms with Crippen LogP contribution in [0.2, 0.25) is 0 Å². The van der Waals surface area contributed by atoms with Gasteiger partial charge < -0.3 is 9.15 Å². The Morgan fingerprint density at radius 2 is 1.97 bits per heavy atom. The van der Waals surface area contributed by atoms with Crippen molar-refractivity contribution in [2.45, 2.75) is 32.6 Å². The summed E-state index contributed by atoms with van der Waals surface area (Å²) in [5, 5.41) is 0. The highest BCUT2D eigenvalue weighted by Gasteiger charge is 2.41. The van der Waals surface area contributed by atoms with Gasteiger partial charge in [0.1, 0.15) is 11.3 Å². The smallest absolute Gasteiger partial charge is 0.450 e. The van der Waals surface area contributed by atoms with Gasteiger partial charge in [0.15, 0.2) is 5.76 Å². The number of nitrogens with zero attached hydrogens (tertiary/aromatic N) is 2. The molecule has 0 N–H and O–H groups in total. The molecule has 3 heterocycles. The number of carbonyl (C=O) groups is 1. The monoisotopic (exact) mass is 430 g/mol. The van der Waals surface area contributed by atoms with Gasteiger partial charge in [-0.2, -0.15) is 13.2 Å². The van der Waals surface area contributed by atoms with Crippen LogP contribution < -0.4 is 0 Å². The average Bonchev–Trinajstić information content (AvgIpc) is 3.21. The minimum atomic E-state index is -4.81. The molecule has 3 aromatic rings. The Hall–Kier alpha value is -3.13. The molecule has 0 saturated carbocycles. The summed E-state index contributed by atoms with van der Waals surface area (Å²) in [4.78, 5) is 18.8. The summed E-state index contributed by atoms with van der Waals surface area (Å²) in [5.41, 5.74) is 2.69. The van der Waals surface area contributed by atoms with Crippen LogP contribution >= 0.6 is 0 Å². The molecule has 1 aliphatic heterocycles. The van der Waals surface area contributed by atoms with E-state index in [-0.39, 0.29) is 18.1 Å². The number of aromatic nitrogens is 1. The lowest BCUT2D eigenvalue weighted by Crippen LogP contribution is -2.30. The summed E-state index contributed by atoms with van der Waals surface area (Å²) in [6.07, 6.45) is -4.14. The van der Waals surface area contributed by atoms with Crippen molar-refractivity contribution in [2.75, 3.05) is 13.2 Å². The molecule has 1 aromatic carbocycles. The third-order valence-electron chi connectivity index (χ3n) is 5.11. The van der Waals surface area contributed by atoms with Crippen LogP contribution in [0.15, 0.2) is 52.9 Å². The number of fused-ring (bicyclic) bond motifs is 1. The second-order valence-electron chi connectivity index (χ2n) is 7.32. The van der Waals surface area contributed by atoms with Gasteiger partial charge in [-0.3, -0.25) is 4.90 Å². The Kier molecular flexibility index (Phi) is 5.82. The second-order valence-corrected chi connectivity index (χ2v) is 7.32. The number of benzene rings is 1. The quantitative estimate of drug-likeness (QED) is 0.528. The topological polar surface area (TPSA) is 55.6 Å². The van der Waals surface area contributed by atoms with E-state index < -0.39 is 23.5 Å². The molecule has 0 radical (unpaired) electrons. The van der Waals surface area contributed by atoms with Crippen LogP contribution in [-0.2, 0) is 30.4 Å². The molecule has 4 rings (SSSR count). The first kappa shape index (κ1) is 21.1. The van der Waals surface area contributed by atoms with E-state index in [1.165, 1.54) is 12.5 Å². The van der Waals surface area contributed by atoms with Crippen molar-refractivity contribution in [3.63, 3.8) is 0 Å². The summed E-state index contributed by atoms with van der Waals surface area (Å²) in [7, 11) is 0. The van der Waals surface area contributed by atoms with Crippen molar-refractivity contribution in [1.29, 1.82) is 0 Å². The van der Waals surface area contributed by atoms with Crippen molar-refractivity contribution in [2.24, 2.45) is 0 Å². The molecule has 0 amide bonds. The molecular formula is C23H21F3N2O3. The highest BCUT2D eigenvalue weighted by atomic mass is 19.4. The van der Waals surface area contributed by atoms with Crippen LogP contribution in [0.3, 0.4) is 0 Å².